The maximum atomic E-state index is 12.3. The van der Waals surface area contributed by atoms with Crippen molar-refractivity contribution in [2.75, 3.05) is 11.9 Å². The third-order valence-corrected chi connectivity index (χ3v) is 3.82. The van der Waals surface area contributed by atoms with Crippen molar-refractivity contribution in [1.29, 1.82) is 0 Å². The summed E-state index contributed by atoms with van der Waals surface area (Å²) in [5, 5.41) is 13.1. The molecule has 2 aromatic rings. The standard InChI is InChI=1S/C15H16ClN3O3/c1-10(15(21)22)18(2)12-8-17-19(14(20)13(12)16)9-11-6-4-3-5-7-11/h3-8,10H,9H2,1-2H3,(H,21,22). The van der Waals surface area contributed by atoms with Crippen LogP contribution in [-0.4, -0.2) is 33.9 Å². The van der Waals surface area contributed by atoms with Crippen molar-refractivity contribution in [3.8, 4) is 0 Å². The molecule has 1 atom stereocenters. The summed E-state index contributed by atoms with van der Waals surface area (Å²) in [4.78, 5) is 24.7. The highest BCUT2D eigenvalue weighted by molar-refractivity contribution is 6.33. The topological polar surface area (TPSA) is 75.4 Å². The number of carboxylic acids is 1. The minimum atomic E-state index is -1.01. The number of aromatic nitrogens is 2. The van der Waals surface area contributed by atoms with E-state index in [1.54, 1.807) is 7.05 Å². The van der Waals surface area contributed by atoms with Gasteiger partial charge < -0.3 is 10.0 Å². The summed E-state index contributed by atoms with van der Waals surface area (Å²) in [7, 11) is 1.56. The Bertz CT molecular complexity index is 731. The zero-order chi connectivity index (χ0) is 16.3. The van der Waals surface area contributed by atoms with Gasteiger partial charge in [0.05, 0.1) is 18.4 Å². The van der Waals surface area contributed by atoms with E-state index in [0.717, 1.165) is 5.56 Å². The lowest BCUT2D eigenvalue weighted by Crippen LogP contribution is -2.37. The van der Waals surface area contributed by atoms with Crippen LogP contribution in [0.5, 0.6) is 0 Å². The molecule has 0 aliphatic carbocycles. The van der Waals surface area contributed by atoms with Crippen LogP contribution in [0.25, 0.3) is 0 Å². The molecular weight excluding hydrogens is 306 g/mol. The molecule has 0 radical (unpaired) electrons. The summed E-state index contributed by atoms with van der Waals surface area (Å²) in [6.45, 7) is 1.81. The SMILES string of the molecule is CC(C(=O)O)N(C)c1cnn(Cc2ccccc2)c(=O)c1Cl. The second-order valence-corrected chi connectivity index (χ2v) is 5.30. The molecule has 0 spiro atoms. The van der Waals surface area contributed by atoms with Crippen molar-refractivity contribution < 1.29 is 9.90 Å². The molecule has 0 saturated carbocycles. The maximum absolute atomic E-state index is 12.3. The van der Waals surface area contributed by atoms with Gasteiger partial charge in [0, 0.05) is 7.05 Å². The summed E-state index contributed by atoms with van der Waals surface area (Å²) >= 11 is 6.10. The lowest BCUT2D eigenvalue weighted by molar-refractivity contribution is -0.138. The first-order chi connectivity index (χ1) is 10.4. The number of carbonyl (C=O) groups is 1. The van der Waals surface area contributed by atoms with E-state index in [-0.39, 0.29) is 5.02 Å². The maximum Gasteiger partial charge on any atom is 0.326 e. The molecule has 1 heterocycles. The zero-order valence-electron chi connectivity index (χ0n) is 12.2. The molecule has 0 aliphatic heterocycles. The Morgan fingerprint density at radius 1 is 1.41 bits per heavy atom. The number of halogens is 1. The number of rotatable bonds is 5. The Morgan fingerprint density at radius 3 is 2.64 bits per heavy atom. The molecule has 7 heteroatoms. The predicted molar refractivity (Wildman–Crippen MR) is 84.6 cm³/mol. The molecule has 1 aromatic carbocycles. The first-order valence-corrected chi connectivity index (χ1v) is 7.04. The lowest BCUT2D eigenvalue weighted by Gasteiger charge is -2.24. The minimum Gasteiger partial charge on any atom is -0.480 e. The molecule has 2 rings (SSSR count). The van der Waals surface area contributed by atoms with E-state index < -0.39 is 17.6 Å². The first kappa shape index (κ1) is 16.0. The second-order valence-electron chi connectivity index (χ2n) is 4.92. The molecule has 0 saturated heterocycles. The van der Waals surface area contributed by atoms with E-state index in [1.165, 1.54) is 22.7 Å². The molecule has 0 amide bonds. The largest absolute Gasteiger partial charge is 0.480 e. The number of hydrogen-bond donors (Lipinski definition) is 1. The molecule has 0 fully saturated rings. The van der Waals surface area contributed by atoms with Crippen LogP contribution in [0.3, 0.4) is 0 Å². The number of aliphatic carboxylic acids is 1. The van der Waals surface area contributed by atoms with Crippen molar-refractivity contribution in [1.82, 2.24) is 9.78 Å². The number of benzene rings is 1. The fourth-order valence-corrected chi connectivity index (χ4v) is 2.23. The molecule has 1 N–H and O–H groups in total. The van der Waals surface area contributed by atoms with Gasteiger partial charge in [0.25, 0.3) is 5.56 Å². The Hall–Kier alpha value is -2.34. The predicted octanol–water partition coefficient (Wildman–Crippen LogP) is 1.85. The van der Waals surface area contributed by atoms with Crippen LogP contribution >= 0.6 is 11.6 Å². The van der Waals surface area contributed by atoms with Gasteiger partial charge in [-0.15, -0.1) is 0 Å². The molecule has 1 unspecified atom stereocenters. The van der Waals surface area contributed by atoms with E-state index in [0.29, 0.717) is 12.2 Å². The Kier molecular flexibility index (Phi) is 4.82. The third-order valence-electron chi connectivity index (χ3n) is 3.46. The van der Waals surface area contributed by atoms with Crippen LogP contribution in [0.4, 0.5) is 5.69 Å². The highest BCUT2D eigenvalue weighted by atomic mass is 35.5. The average Bonchev–Trinajstić information content (AvgIpc) is 2.51. The van der Waals surface area contributed by atoms with Crippen LogP contribution in [0, 0.1) is 0 Å². The molecular formula is C15H16ClN3O3. The van der Waals surface area contributed by atoms with Crippen LogP contribution in [0.1, 0.15) is 12.5 Å². The molecule has 22 heavy (non-hydrogen) atoms. The first-order valence-electron chi connectivity index (χ1n) is 6.67. The quantitative estimate of drug-likeness (QED) is 0.909. The zero-order valence-corrected chi connectivity index (χ0v) is 13.0. The summed E-state index contributed by atoms with van der Waals surface area (Å²) in [5.74, 6) is -1.01. The molecule has 6 nitrogen and oxygen atoms in total. The number of likely N-dealkylation sites (N-methyl/N-ethyl adjacent to an activating group) is 1. The summed E-state index contributed by atoms with van der Waals surface area (Å²) < 4.78 is 1.25. The van der Waals surface area contributed by atoms with E-state index in [4.69, 9.17) is 16.7 Å². The second kappa shape index (κ2) is 6.62. The normalized spacial score (nSPS) is 12.0. The Labute approximate surface area is 132 Å². The fraction of sp³-hybridized carbons (Fsp3) is 0.267. The van der Waals surface area contributed by atoms with Crippen LogP contribution in [0.2, 0.25) is 5.02 Å². The van der Waals surface area contributed by atoms with Gasteiger partial charge in [0.15, 0.2) is 0 Å². The summed E-state index contributed by atoms with van der Waals surface area (Å²) in [5.41, 5.74) is 0.770. The average molecular weight is 322 g/mol. The van der Waals surface area contributed by atoms with Crippen LogP contribution < -0.4 is 10.5 Å². The number of nitrogens with zero attached hydrogens (tertiary/aromatic N) is 3. The Balaban J connectivity index is 2.33. The number of carboxylic acid groups (broad SMARTS) is 1. The van der Waals surface area contributed by atoms with Gasteiger partial charge in [-0.3, -0.25) is 4.79 Å². The lowest BCUT2D eigenvalue weighted by atomic mass is 10.2. The van der Waals surface area contributed by atoms with Gasteiger partial charge in [0.1, 0.15) is 11.1 Å². The summed E-state index contributed by atoms with van der Waals surface area (Å²) in [6.07, 6.45) is 1.41. The molecule has 116 valence electrons. The smallest absolute Gasteiger partial charge is 0.326 e. The van der Waals surface area contributed by atoms with Gasteiger partial charge in [0.2, 0.25) is 0 Å². The summed E-state index contributed by atoms with van der Waals surface area (Å²) in [6, 6.07) is 8.59. The van der Waals surface area contributed by atoms with Crippen molar-refractivity contribution in [2.45, 2.75) is 19.5 Å². The molecule has 1 aromatic heterocycles. The van der Waals surface area contributed by atoms with Crippen molar-refractivity contribution in [3.05, 3.63) is 57.5 Å². The molecule has 0 bridgehead atoms. The van der Waals surface area contributed by atoms with E-state index in [9.17, 15) is 9.59 Å². The number of anilines is 1. The third kappa shape index (κ3) is 3.28. The molecule has 0 aliphatic rings. The van der Waals surface area contributed by atoms with Crippen LogP contribution in [0.15, 0.2) is 41.3 Å². The Morgan fingerprint density at radius 2 is 2.05 bits per heavy atom. The highest BCUT2D eigenvalue weighted by Crippen LogP contribution is 2.21. The van der Waals surface area contributed by atoms with Gasteiger partial charge in [-0.25, -0.2) is 9.48 Å². The minimum absolute atomic E-state index is 0.0402. The van der Waals surface area contributed by atoms with Gasteiger partial charge in [-0.2, -0.15) is 5.10 Å². The van der Waals surface area contributed by atoms with Crippen molar-refractivity contribution in [2.24, 2.45) is 0 Å². The highest BCUT2D eigenvalue weighted by Gasteiger charge is 2.21. The van der Waals surface area contributed by atoms with Gasteiger partial charge in [-0.1, -0.05) is 41.9 Å². The monoisotopic (exact) mass is 321 g/mol. The van der Waals surface area contributed by atoms with Gasteiger partial charge in [-0.05, 0) is 12.5 Å². The number of hydrogen-bond acceptors (Lipinski definition) is 4. The van der Waals surface area contributed by atoms with E-state index >= 15 is 0 Å². The van der Waals surface area contributed by atoms with E-state index in [2.05, 4.69) is 5.10 Å². The van der Waals surface area contributed by atoms with E-state index in [1.807, 2.05) is 30.3 Å². The fourth-order valence-electron chi connectivity index (χ4n) is 1.95. The van der Waals surface area contributed by atoms with Crippen molar-refractivity contribution >= 4 is 23.3 Å². The van der Waals surface area contributed by atoms with Crippen LogP contribution in [-0.2, 0) is 11.3 Å². The van der Waals surface area contributed by atoms with Crippen molar-refractivity contribution in [3.63, 3.8) is 0 Å². The van der Waals surface area contributed by atoms with Gasteiger partial charge >= 0.3 is 5.97 Å².